The van der Waals surface area contributed by atoms with Crippen molar-refractivity contribution in [3.8, 4) is 0 Å². The average Bonchev–Trinajstić information content (AvgIpc) is 3.58. The molecule has 0 bridgehead atoms. The molecule has 294 valence electrons. The molecule has 7 nitrogen and oxygen atoms in total. The summed E-state index contributed by atoms with van der Waals surface area (Å²) in [7, 11) is 1.82. The Kier molecular flexibility index (Phi) is 27.7. The number of rotatable bonds is 36. The zero-order chi connectivity index (χ0) is 36.7. The molecule has 0 saturated carbocycles. The van der Waals surface area contributed by atoms with Crippen molar-refractivity contribution in [1.82, 2.24) is 4.00 Å². The summed E-state index contributed by atoms with van der Waals surface area (Å²) in [6.07, 6.45) is 41.6. The van der Waals surface area contributed by atoms with Gasteiger partial charge in [-0.2, -0.15) is 4.21 Å². The van der Waals surface area contributed by atoms with Crippen LogP contribution in [0, 0.1) is 5.92 Å². The van der Waals surface area contributed by atoms with E-state index < -0.39 is 15.3 Å². The smallest absolute Gasteiger partial charge is 0.381 e. The summed E-state index contributed by atoms with van der Waals surface area (Å²) >= 11 is -2.29. The first-order chi connectivity index (χ1) is 25.0. The van der Waals surface area contributed by atoms with E-state index in [2.05, 4.69) is 29.4 Å². The second-order valence-electron chi connectivity index (χ2n) is 15.5. The van der Waals surface area contributed by atoms with Crippen LogP contribution in [0.5, 0.6) is 0 Å². The Bertz CT molecular complexity index is 1040. The Balaban J connectivity index is 1.34. The van der Waals surface area contributed by atoms with Crippen LogP contribution in [-0.2, 0) is 16.0 Å². The number of hydrogen-bond donors (Lipinski definition) is 1. The molecule has 2 rings (SSSR count). The van der Waals surface area contributed by atoms with Gasteiger partial charge in [0.15, 0.2) is 5.69 Å². The van der Waals surface area contributed by atoms with Gasteiger partial charge in [0.05, 0.1) is 11.3 Å². The molecular weight excluding hydrogens is 653 g/mol. The zero-order valence-electron chi connectivity index (χ0n) is 33.4. The lowest BCUT2D eigenvalue weighted by atomic mass is 9.95. The maximum Gasteiger partial charge on any atom is 0.399 e. The van der Waals surface area contributed by atoms with Crippen LogP contribution in [0.3, 0.4) is 0 Å². The van der Waals surface area contributed by atoms with Crippen LogP contribution in [0.1, 0.15) is 213 Å². The van der Waals surface area contributed by atoms with Crippen molar-refractivity contribution in [1.29, 1.82) is 0 Å². The second-order valence-corrected chi connectivity index (χ2v) is 16.5. The lowest BCUT2D eigenvalue weighted by molar-refractivity contribution is 0.0834. The monoisotopic (exact) mass is 732 g/mol. The van der Waals surface area contributed by atoms with E-state index in [4.69, 9.17) is 4.74 Å². The number of methoxy groups -OCH3 is 1. The van der Waals surface area contributed by atoms with Crippen molar-refractivity contribution in [3.05, 3.63) is 30.3 Å². The highest BCUT2D eigenvalue weighted by atomic mass is 32.2. The van der Waals surface area contributed by atoms with Gasteiger partial charge in [-0.3, -0.25) is 4.55 Å². The van der Waals surface area contributed by atoms with Gasteiger partial charge in [0, 0.05) is 34.9 Å². The molecule has 0 saturated heterocycles. The minimum Gasteiger partial charge on any atom is -0.381 e. The molecule has 8 heteroatoms. The van der Waals surface area contributed by atoms with Crippen molar-refractivity contribution in [2.75, 3.05) is 7.11 Å². The summed E-state index contributed by atoms with van der Waals surface area (Å²) in [5, 5.41) is 12.0. The molecule has 1 aliphatic heterocycles. The number of para-hydroxylation sites is 1. The van der Waals surface area contributed by atoms with Gasteiger partial charge in [0.1, 0.15) is 0 Å². The van der Waals surface area contributed by atoms with E-state index >= 15 is 0 Å². The summed E-state index contributed by atoms with van der Waals surface area (Å²) in [6, 6.07) is 9.13. The molecule has 0 amide bonds. The average molecular weight is 732 g/mol. The number of nitrogens with zero attached hydrogens (tertiary/aromatic N) is 4. The van der Waals surface area contributed by atoms with E-state index in [-0.39, 0.29) is 6.10 Å². The fourth-order valence-electron chi connectivity index (χ4n) is 7.63. The third kappa shape index (κ3) is 20.5. The van der Waals surface area contributed by atoms with E-state index in [1.165, 1.54) is 167 Å². The Labute approximate surface area is 317 Å². The SMILES string of the molecule is CCCCCCCCCCCCCCCCCC[C@H](C)CCCCCCCCCCC(CCCCC1=NN=N[N+]1(c1ccccc1)S(=O)O)OC. The van der Waals surface area contributed by atoms with Crippen LogP contribution in [0.4, 0.5) is 5.69 Å². The summed E-state index contributed by atoms with van der Waals surface area (Å²) < 4.78 is 27.7. The molecule has 0 aliphatic carbocycles. The predicted molar refractivity (Wildman–Crippen MR) is 220 cm³/mol. The molecule has 0 radical (unpaired) electrons. The molecule has 1 aromatic carbocycles. The molecule has 3 unspecified atom stereocenters. The molecule has 1 aromatic rings. The van der Waals surface area contributed by atoms with E-state index in [9.17, 15) is 8.76 Å². The van der Waals surface area contributed by atoms with Gasteiger partial charge in [-0.1, -0.05) is 211 Å². The predicted octanol–water partition coefficient (Wildman–Crippen LogP) is 14.6. The van der Waals surface area contributed by atoms with E-state index in [0.29, 0.717) is 17.9 Å². The normalized spacial score (nSPS) is 17.5. The molecule has 4 atom stereocenters. The number of unbranched alkanes of at least 4 members (excludes halogenated alkanes) is 23. The van der Waals surface area contributed by atoms with Crippen molar-refractivity contribution in [2.45, 2.75) is 219 Å². The van der Waals surface area contributed by atoms with Crippen LogP contribution in [-0.4, -0.2) is 27.8 Å². The van der Waals surface area contributed by atoms with Gasteiger partial charge in [0.2, 0.25) is 0 Å². The Hall–Kier alpha value is -1.48. The molecule has 0 aromatic heterocycles. The lowest BCUT2D eigenvalue weighted by Gasteiger charge is -2.21. The fourth-order valence-corrected chi connectivity index (χ4v) is 8.34. The van der Waals surface area contributed by atoms with Gasteiger partial charge in [-0.25, -0.2) is 0 Å². The number of amidine groups is 1. The van der Waals surface area contributed by atoms with Crippen LogP contribution in [0.2, 0.25) is 0 Å². The van der Waals surface area contributed by atoms with Crippen molar-refractivity contribution >= 4 is 22.8 Å². The van der Waals surface area contributed by atoms with Crippen LogP contribution >= 0.6 is 0 Å². The minimum atomic E-state index is -2.29. The molecule has 0 spiro atoms. The van der Waals surface area contributed by atoms with Gasteiger partial charge < -0.3 is 4.74 Å². The van der Waals surface area contributed by atoms with Crippen LogP contribution < -0.4 is 4.00 Å². The summed E-state index contributed by atoms with van der Waals surface area (Å²) in [5.41, 5.74) is 0.596. The van der Waals surface area contributed by atoms with E-state index in [1.54, 1.807) is 12.1 Å². The molecule has 0 fully saturated rings. The first kappa shape index (κ1) is 45.7. The van der Waals surface area contributed by atoms with Crippen molar-refractivity contribution < 1.29 is 13.5 Å². The fraction of sp³-hybridized carbons (Fsp3) is 0.837. The number of benzene rings is 1. The minimum absolute atomic E-state index is 0.270. The molecule has 1 aliphatic rings. The topological polar surface area (TPSA) is 83.6 Å². The Morgan fingerprint density at radius 2 is 1.04 bits per heavy atom. The maximum atomic E-state index is 12.3. The summed E-state index contributed by atoms with van der Waals surface area (Å²) in [6.45, 7) is 4.78. The van der Waals surface area contributed by atoms with Crippen molar-refractivity contribution in [3.63, 3.8) is 0 Å². The number of hydrogen-bond acceptors (Lipinski definition) is 5. The third-order valence-electron chi connectivity index (χ3n) is 11.0. The second kappa shape index (κ2) is 30.9. The van der Waals surface area contributed by atoms with Gasteiger partial charge in [-0.15, -0.1) is 0 Å². The summed E-state index contributed by atoms with van der Waals surface area (Å²) in [4.78, 5) is 0. The summed E-state index contributed by atoms with van der Waals surface area (Å²) in [5.74, 6) is 1.41. The maximum absolute atomic E-state index is 12.3. The number of quaternary nitrogens is 1. The largest absolute Gasteiger partial charge is 0.399 e. The first-order valence-electron chi connectivity index (χ1n) is 21.6. The highest BCUT2D eigenvalue weighted by Crippen LogP contribution is 2.32. The highest BCUT2D eigenvalue weighted by Gasteiger charge is 2.49. The van der Waals surface area contributed by atoms with E-state index in [1.807, 2.05) is 25.3 Å². The van der Waals surface area contributed by atoms with Crippen LogP contribution in [0.25, 0.3) is 0 Å². The Morgan fingerprint density at radius 1 is 0.627 bits per heavy atom. The Morgan fingerprint density at radius 3 is 1.47 bits per heavy atom. The zero-order valence-corrected chi connectivity index (χ0v) is 34.2. The van der Waals surface area contributed by atoms with Gasteiger partial charge >= 0.3 is 11.3 Å². The highest BCUT2D eigenvalue weighted by molar-refractivity contribution is 7.79. The molecular formula is C43H79N4O3S+. The van der Waals surface area contributed by atoms with Gasteiger partial charge in [0.25, 0.3) is 5.84 Å². The number of ether oxygens (including phenoxy) is 1. The van der Waals surface area contributed by atoms with Gasteiger partial charge in [-0.05, 0) is 25.2 Å². The van der Waals surface area contributed by atoms with E-state index in [0.717, 1.165) is 31.6 Å². The first-order valence-corrected chi connectivity index (χ1v) is 22.7. The quantitative estimate of drug-likeness (QED) is 0.0424. The van der Waals surface area contributed by atoms with Crippen molar-refractivity contribution in [2.24, 2.45) is 21.5 Å². The molecule has 1 N–H and O–H groups in total. The van der Waals surface area contributed by atoms with Crippen LogP contribution in [0.15, 0.2) is 45.9 Å². The standard InChI is InChI=1S/C43H78N4O3S/c1-4-5-6-7-8-9-10-11-12-13-14-15-16-19-22-26-33-40(2)34-27-23-20-17-18-21-24-30-37-42(50-3)38-31-32-39-43-44-45-46-47(43,51(48)49)41-35-28-25-29-36-41/h25,28-29,35-36,40,42H,4-24,26-27,30-34,37-39H2,1-3H3/p+1/t40-,42?,47?/m0/s1. The molecule has 51 heavy (non-hydrogen) atoms. The lowest BCUT2D eigenvalue weighted by Crippen LogP contribution is -2.48. The molecule has 1 heterocycles. The third-order valence-corrected chi connectivity index (χ3v) is 12.0.